The van der Waals surface area contributed by atoms with Crippen molar-refractivity contribution in [1.82, 2.24) is 9.80 Å². The van der Waals surface area contributed by atoms with E-state index in [0.29, 0.717) is 13.2 Å². The molecule has 1 heterocycles. The maximum atomic E-state index is 12.3. The fourth-order valence-electron chi connectivity index (χ4n) is 2.74. The summed E-state index contributed by atoms with van der Waals surface area (Å²) in [4.78, 5) is 16.3. The molecule has 0 saturated carbocycles. The Bertz CT molecular complexity index is 281. The van der Waals surface area contributed by atoms with E-state index in [4.69, 9.17) is 10.5 Å². The second-order valence-electron chi connectivity index (χ2n) is 5.52. The number of nitrogens with zero attached hydrogens (tertiary/aromatic N) is 2. The molecule has 0 radical (unpaired) electrons. The Morgan fingerprint density at radius 1 is 1.44 bits per heavy atom. The van der Waals surface area contributed by atoms with E-state index in [0.717, 1.165) is 25.9 Å². The average molecular weight is 257 g/mol. The third-order valence-corrected chi connectivity index (χ3v) is 3.81. The summed E-state index contributed by atoms with van der Waals surface area (Å²) in [5, 5.41) is 0. The lowest BCUT2D eigenvalue weighted by atomic mass is 9.94. The highest BCUT2D eigenvalue weighted by Gasteiger charge is 2.43. The summed E-state index contributed by atoms with van der Waals surface area (Å²) in [6, 6.07) is 0.270. The Kier molecular flexibility index (Phi) is 5.56. The fourth-order valence-corrected chi connectivity index (χ4v) is 2.74. The first kappa shape index (κ1) is 15.4. The molecule has 2 N–H and O–H groups in total. The van der Waals surface area contributed by atoms with Crippen LogP contribution in [0.5, 0.6) is 0 Å². The molecular weight excluding hydrogens is 230 g/mol. The number of carbonyl (C=O) groups is 1. The summed E-state index contributed by atoms with van der Waals surface area (Å²) in [5.74, 6) is 0.183. The molecule has 0 aromatic carbocycles. The van der Waals surface area contributed by atoms with Gasteiger partial charge in [-0.3, -0.25) is 9.69 Å². The molecule has 1 aliphatic heterocycles. The van der Waals surface area contributed by atoms with Crippen LogP contribution in [0.1, 0.15) is 26.7 Å². The predicted molar refractivity (Wildman–Crippen MR) is 72.4 cm³/mol. The molecule has 1 rings (SSSR count). The second kappa shape index (κ2) is 6.50. The van der Waals surface area contributed by atoms with Crippen molar-refractivity contribution in [2.45, 2.75) is 38.3 Å². The van der Waals surface area contributed by atoms with E-state index in [1.54, 1.807) is 7.11 Å². The van der Waals surface area contributed by atoms with Crippen molar-refractivity contribution >= 4 is 5.91 Å². The quantitative estimate of drug-likeness (QED) is 0.743. The van der Waals surface area contributed by atoms with Gasteiger partial charge in [0.2, 0.25) is 5.91 Å². The Morgan fingerprint density at radius 2 is 2.11 bits per heavy atom. The lowest BCUT2D eigenvalue weighted by molar-refractivity contribution is -0.150. The van der Waals surface area contributed by atoms with Gasteiger partial charge >= 0.3 is 0 Å². The molecule has 5 nitrogen and oxygen atoms in total. The second-order valence-corrected chi connectivity index (χ2v) is 5.52. The molecule has 1 atom stereocenters. The summed E-state index contributed by atoms with van der Waals surface area (Å²) in [6.07, 6.45) is 1.94. The Labute approximate surface area is 110 Å². The molecule has 0 aliphatic carbocycles. The Hall–Kier alpha value is -0.650. The standard InChI is InChI=1S/C13H27N3O2/c1-13(2)12(17)15(3)8-9-16(13)11(10-18-4)6-5-7-14/h11H,5-10,14H2,1-4H3. The summed E-state index contributed by atoms with van der Waals surface area (Å²) in [5.41, 5.74) is 5.13. The minimum Gasteiger partial charge on any atom is -0.383 e. The SMILES string of the molecule is COCC(CCCN)N1CCN(C)C(=O)C1(C)C. The molecule has 18 heavy (non-hydrogen) atoms. The van der Waals surface area contributed by atoms with Crippen molar-refractivity contribution in [3.8, 4) is 0 Å². The zero-order chi connectivity index (χ0) is 13.8. The van der Waals surface area contributed by atoms with Gasteiger partial charge in [-0.2, -0.15) is 0 Å². The van der Waals surface area contributed by atoms with Crippen LogP contribution in [0.15, 0.2) is 0 Å². The number of ether oxygens (including phenoxy) is 1. The molecule has 0 aromatic rings. The summed E-state index contributed by atoms with van der Waals surface area (Å²) >= 11 is 0. The van der Waals surface area contributed by atoms with E-state index in [-0.39, 0.29) is 11.9 Å². The third kappa shape index (κ3) is 3.22. The number of amides is 1. The van der Waals surface area contributed by atoms with Crippen molar-refractivity contribution in [1.29, 1.82) is 0 Å². The molecule has 106 valence electrons. The van der Waals surface area contributed by atoms with Crippen molar-refractivity contribution in [2.75, 3.05) is 40.4 Å². The zero-order valence-corrected chi connectivity index (χ0v) is 12.1. The summed E-state index contributed by atoms with van der Waals surface area (Å²) < 4.78 is 5.30. The van der Waals surface area contributed by atoms with Gasteiger partial charge in [-0.05, 0) is 33.2 Å². The number of nitrogens with two attached hydrogens (primary N) is 1. The van der Waals surface area contributed by atoms with Gasteiger partial charge < -0.3 is 15.4 Å². The van der Waals surface area contributed by atoms with Crippen LogP contribution in [0, 0.1) is 0 Å². The monoisotopic (exact) mass is 257 g/mol. The fraction of sp³-hybridized carbons (Fsp3) is 0.923. The molecule has 0 bridgehead atoms. The Balaban J connectivity index is 2.79. The van der Waals surface area contributed by atoms with Crippen LogP contribution in [-0.2, 0) is 9.53 Å². The van der Waals surface area contributed by atoms with E-state index in [1.807, 2.05) is 25.8 Å². The average Bonchev–Trinajstić information content (AvgIpc) is 2.32. The number of carbonyl (C=O) groups excluding carboxylic acids is 1. The highest BCUT2D eigenvalue weighted by atomic mass is 16.5. The van der Waals surface area contributed by atoms with Crippen molar-refractivity contribution in [3.63, 3.8) is 0 Å². The van der Waals surface area contributed by atoms with Crippen molar-refractivity contribution in [3.05, 3.63) is 0 Å². The number of hydrogen-bond donors (Lipinski definition) is 1. The molecule has 0 aromatic heterocycles. The summed E-state index contributed by atoms with van der Waals surface area (Å²) in [6.45, 7) is 7.01. The van der Waals surface area contributed by atoms with Gasteiger partial charge in [0.15, 0.2) is 0 Å². The molecule has 1 aliphatic rings. The van der Waals surface area contributed by atoms with E-state index in [2.05, 4.69) is 4.90 Å². The van der Waals surface area contributed by atoms with Crippen LogP contribution in [0.4, 0.5) is 0 Å². The highest BCUT2D eigenvalue weighted by molar-refractivity contribution is 5.86. The number of rotatable bonds is 6. The van der Waals surface area contributed by atoms with E-state index in [9.17, 15) is 4.79 Å². The highest BCUT2D eigenvalue weighted by Crippen LogP contribution is 2.26. The third-order valence-electron chi connectivity index (χ3n) is 3.81. The van der Waals surface area contributed by atoms with Crippen LogP contribution in [0.25, 0.3) is 0 Å². The number of hydrogen-bond acceptors (Lipinski definition) is 4. The lowest BCUT2D eigenvalue weighted by Crippen LogP contribution is -2.65. The van der Waals surface area contributed by atoms with E-state index < -0.39 is 5.54 Å². The van der Waals surface area contributed by atoms with E-state index >= 15 is 0 Å². The molecule has 5 heteroatoms. The molecule has 1 fully saturated rings. The smallest absolute Gasteiger partial charge is 0.242 e. The van der Waals surface area contributed by atoms with Crippen LogP contribution in [0.2, 0.25) is 0 Å². The molecule has 1 amide bonds. The molecule has 0 spiro atoms. The van der Waals surface area contributed by atoms with Crippen LogP contribution < -0.4 is 5.73 Å². The first-order valence-corrected chi connectivity index (χ1v) is 6.66. The first-order chi connectivity index (χ1) is 8.45. The van der Waals surface area contributed by atoms with E-state index in [1.165, 1.54) is 0 Å². The number of likely N-dealkylation sites (N-methyl/N-ethyl adjacent to an activating group) is 1. The minimum absolute atomic E-state index is 0.183. The molecule has 1 saturated heterocycles. The lowest BCUT2D eigenvalue weighted by Gasteiger charge is -2.48. The number of methoxy groups -OCH3 is 1. The molecular formula is C13H27N3O2. The molecule has 1 unspecified atom stereocenters. The van der Waals surface area contributed by atoms with Gasteiger partial charge in [0.25, 0.3) is 0 Å². The Morgan fingerprint density at radius 3 is 2.67 bits per heavy atom. The zero-order valence-electron chi connectivity index (χ0n) is 12.1. The van der Waals surface area contributed by atoms with Crippen molar-refractivity contribution < 1.29 is 9.53 Å². The topological polar surface area (TPSA) is 58.8 Å². The van der Waals surface area contributed by atoms with Crippen LogP contribution in [0.3, 0.4) is 0 Å². The first-order valence-electron chi connectivity index (χ1n) is 6.66. The van der Waals surface area contributed by atoms with Crippen LogP contribution >= 0.6 is 0 Å². The van der Waals surface area contributed by atoms with Gasteiger partial charge in [0, 0.05) is 33.3 Å². The normalized spacial score (nSPS) is 22.3. The predicted octanol–water partition coefficient (Wildman–Crippen LogP) is 0.293. The number of piperazine rings is 1. The maximum absolute atomic E-state index is 12.3. The van der Waals surface area contributed by atoms with Gasteiger partial charge in [-0.25, -0.2) is 0 Å². The summed E-state index contributed by atoms with van der Waals surface area (Å²) in [7, 11) is 3.58. The van der Waals surface area contributed by atoms with Gasteiger partial charge in [-0.1, -0.05) is 0 Å². The van der Waals surface area contributed by atoms with Gasteiger partial charge in [0.05, 0.1) is 12.1 Å². The van der Waals surface area contributed by atoms with Crippen molar-refractivity contribution in [2.24, 2.45) is 5.73 Å². The minimum atomic E-state index is -0.454. The van der Waals surface area contributed by atoms with Crippen LogP contribution in [-0.4, -0.2) is 67.7 Å². The van der Waals surface area contributed by atoms with Gasteiger partial charge in [0.1, 0.15) is 0 Å². The largest absolute Gasteiger partial charge is 0.383 e. The van der Waals surface area contributed by atoms with Gasteiger partial charge in [-0.15, -0.1) is 0 Å². The maximum Gasteiger partial charge on any atom is 0.242 e.